The second kappa shape index (κ2) is 10.1. The van der Waals surface area contributed by atoms with Crippen LogP contribution in [0, 0.1) is 6.92 Å². The molecule has 0 saturated carbocycles. The molecule has 2 aromatic rings. The number of anilines is 1. The predicted octanol–water partition coefficient (Wildman–Crippen LogP) is 3.88. The molecule has 1 saturated heterocycles. The van der Waals surface area contributed by atoms with Crippen molar-refractivity contribution < 1.29 is 33.0 Å². The molecule has 194 valence electrons. The quantitative estimate of drug-likeness (QED) is 0.502. The summed E-state index contributed by atoms with van der Waals surface area (Å²) in [7, 11) is 0. The van der Waals surface area contributed by atoms with Crippen LogP contribution in [0.25, 0.3) is 0 Å². The molecule has 0 bridgehead atoms. The van der Waals surface area contributed by atoms with Gasteiger partial charge in [0.2, 0.25) is 11.8 Å². The number of carbonyl (C=O) groups excluding carboxylic acids is 2. The molecule has 1 aliphatic rings. The summed E-state index contributed by atoms with van der Waals surface area (Å²) in [6, 6.07) is 9.67. The van der Waals surface area contributed by atoms with Crippen molar-refractivity contribution in [2.24, 2.45) is 0 Å². The summed E-state index contributed by atoms with van der Waals surface area (Å²) < 4.78 is 30.4. The Morgan fingerprint density at radius 2 is 1.78 bits per heavy atom. The molecule has 0 unspecified atom stereocenters. The van der Waals surface area contributed by atoms with Crippen LogP contribution in [-0.2, 0) is 15.0 Å². The van der Waals surface area contributed by atoms with E-state index in [4.69, 9.17) is 0 Å². The van der Waals surface area contributed by atoms with Gasteiger partial charge in [0.1, 0.15) is 16.6 Å². The van der Waals surface area contributed by atoms with Crippen LogP contribution in [0.2, 0.25) is 0 Å². The number of rotatable bonds is 8. The minimum Gasteiger partial charge on any atom is -0.480 e. The number of carboxylic acid groups (broad SMARTS) is 1. The molecule has 3 rings (SSSR count). The molecule has 9 nitrogen and oxygen atoms in total. The van der Waals surface area contributed by atoms with Gasteiger partial charge < -0.3 is 25.4 Å². The fourth-order valence-corrected chi connectivity index (χ4v) is 4.07. The zero-order valence-electron chi connectivity index (χ0n) is 20.8. The molecule has 1 aliphatic heterocycles. The number of aryl methyl sites for hydroxylation is 1. The molecule has 0 radical (unpaired) electrons. The zero-order chi connectivity index (χ0) is 26.8. The number of urea groups is 1. The summed E-state index contributed by atoms with van der Waals surface area (Å²) in [6.07, 6.45) is 0. The van der Waals surface area contributed by atoms with E-state index in [0.29, 0.717) is 11.3 Å². The number of halogens is 2. The van der Waals surface area contributed by atoms with E-state index in [-0.39, 0.29) is 24.7 Å². The Hall–Kier alpha value is -3.76. The standard InChI is InChI=1S/C25H30F2N4O5/c1-14(2)16-8-6-7-9-17(16)25(12-31(13-25)23(35)30-24(4,5)21(33)34)20(32)29-18-11-10-15(3)28-19(18)36-22(26)27/h6-11,14,22H,12-13H2,1-5H3,(H,29,32)(H,30,35)(H,33,34). The van der Waals surface area contributed by atoms with Gasteiger partial charge in [0.15, 0.2) is 0 Å². The molecule has 11 heteroatoms. The molecular weight excluding hydrogens is 474 g/mol. The van der Waals surface area contributed by atoms with Gasteiger partial charge >= 0.3 is 18.6 Å². The van der Waals surface area contributed by atoms with E-state index < -0.39 is 41.4 Å². The molecule has 2 heterocycles. The lowest BCUT2D eigenvalue weighted by molar-refractivity contribution is -0.143. The summed E-state index contributed by atoms with van der Waals surface area (Å²) in [6.45, 7) is 5.04. The smallest absolute Gasteiger partial charge is 0.388 e. The Kier molecular flexibility index (Phi) is 7.51. The predicted molar refractivity (Wildman–Crippen MR) is 128 cm³/mol. The fraction of sp³-hybridized carbons (Fsp3) is 0.440. The van der Waals surface area contributed by atoms with Gasteiger partial charge in [-0.2, -0.15) is 8.78 Å². The normalized spacial score (nSPS) is 14.9. The number of carbonyl (C=O) groups is 3. The molecule has 0 spiro atoms. The molecule has 1 aromatic carbocycles. The Morgan fingerprint density at radius 3 is 2.36 bits per heavy atom. The third-order valence-electron chi connectivity index (χ3n) is 6.14. The highest BCUT2D eigenvalue weighted by atomic mass is 19.3. The van der Waals surface area contributed by atoms with Crippen molar-refractivity contribution >= 4 is 23.6 Å². The Labute approximate surface area is 207 Å². The summed E-state index contributed by atoms with van der Waals surface area (Å²) in [5.41, 5.74) is -0.737. The number of ether oxygens (including phenoxy) is 1. The van der Waals surface area contributed by atoms with Crippen molar-refractivity contribution in [2.45, 2.75) is 58.1 Å². The van der Waals surface area contributed by atoms with Gasteiger partial charge in [-0.05, 0) is 49.9 Å². The first-order valence-electron chi connectivity index (χ1n) is 11.4. The third-order valence-corrected chi connectivity index (χ3v) is 6.14. The maximum atomic E-state index is 13.7. The van der Waals surface area contributed by atoms with Crippen LogP contribution in [0.5, 0.6) is 5.88 Å². The summed E-state index contributed by atoms with van der Waals surface area (Å²) >= 11 is 0. The highest BCUT2D eigenvalue weighted by Crippen LogP contribution is 2.40. The Balaban J connectivity index is 1.96. The number of hydrogen-bond donors (Lipinski definition) is 3. The molecule has 3 N–H and O–H groups in total. The number of alkyl halides is 2. The number of amides is 3. The minimum absolute atomic E-state index is 0.0257. The van der Waals surface area contributed by atoms with E-state index in [1.54, 1.807) is 25.1 Å². The van der Waals surface area contributed by atoms with Gasteiger partial charge in [0.25, 0.3) is 0 Å². The molecule has 1 aromatic heterocycles. The van der Waals surface area contributed by atoms with Gasteiger partial charge in [-0.3, -0.25) is 4.79 Å². The van der Waals surface area contributed by atoms with Gasteiger partial charge in [-0.25, -0.2) is 14.6 Å². The van der Waals surface area contributed by atoms with Crippen molar-refractivity contribution in [1.29, 1.82) is 0 Å². The largest absolute Gasteiger partial charge is 0.480 e. The number of pyridine rings is 1. The lowest BCUT2D eigenvalue weighted by Gasteiger charge is -2.50. The second-order valence-corrected chi connectivity index (χ2v) is 9.68. The molecule has 0 aliphatic carbocycles. The number of aliphatic carboxylic acids is 1. The van der Waals surface area contributed by atoms with Crippen molar-refractivity contribution in [3.63, 3.8) is 0 Å². The Morgan fingerprint density at radius 1 is 1.14 bits per heavy atom. The maximum absolute atomic E-state index is 13.7. The lowest BCUT2D eigenvalue weighted by atomic mass is 9.69. The van der Waals surface area contributed by atoms with Gasteiger partial charge in [-0.15, -0.1) is 0 Å². The summed E-state index contributed by atoms with van der Waals surface area (Å²) in [4.78, 5) is 43.3. The first kappa shape index (κ1) is 26.8. The van der Waals surface area contributed by atoms with E-state index in [0.717, 1.165) is 5.56 Å². The van der Waals surface area contributed by atoms with Crippen LogP contribution in [0.15, 0.2) is 36.4 Å². The van der Waals surface area contributed by atoms with E-state index in [1.165, 1.54) is 24.8 Å². The van der Waals surface area contributed by atoms with Crippen LogP contribution in [0.1, 0.15) is 50.4 Å². The van der Waals surface area contributed by atoms with Crippen LogP contribution in [0.3, 0.4) is 0 Å². The molecule has 0 atom stereocenters. The van der Waals surface area contributed by atoms with Gasteiger partial charge in [0, 0.05) is 18.8 Å². The number of likely N-dealkylation sites (tertiary alicyclic amines) is 1. The molecule has 3 amide bonds. The maximum Gasteiger partial charge on any atom is 0.388 e. The van der Waals surface area contributed by atoms with Crippen LogP contribution in [-0.4, -0.2) is 58.1 Å². The first-order valence-corrected chi connectivity index (χ1v) is 11.4. The number of nitrogens with one attached hydrogen (secondary N) is 2. The minimum atomic E-state index is -3.13. The first-order chi connectivity index (χ1) is 16.8. The van der Waals surface area contributed by atoms with Crippen molar-refractivity contribution in [1.82, 2.24) is 15.2 Å². The third kappa shape index (κ3) is 5.39. The topological polar surface area (TPSA) is 121 Å². The molecular formula is C25H30F2N4O5. The Bertz CT molecular complexity index is 1160. The number of aromatic nitrogens is 1. The van der Waals surface area contributed by atoms with E-state index in [1.807, 2.05) is 26.0 Å². The SMILES string of the molecule is Cc1ccc(NC(=O)C2(c3ccccc3C(C)C)CN(C(=O)NC(C)(C)C(=O)O)C2)c(OC(F)F)n1. The number of nitrogens with zero attached hydrogens (tertiary/aromatic N) is 2. The van der Waals surface area contributed by atoms with Crippen LogP contribution < -0.4 is 15.4 Å². The summed E-state index contributed by atoms with van der Waals surface area (Å²) in [5, 5.41) is 14.4. The van der Waals surface area contributed by atoms with Crippen molar-refractivity contribution in [2.75, 3.05) is 18.4 Å². The summed E-state index contributed by atoms with van der Waals surface area (Å²) in [5.74, 6) is -2.09. The van der Waals surface area contributed by atoms with Crippen LogP contribution in [0.4, 0.5) is 19.3 Å². The van der Waals surface area contributed by atoms with Crippen LogP contribution >= 0.6 is 0 Å². The number of benzene rings is 1. The lowest BCUT2D eigenvalue weighted by Crippen LogP contribution is -2.69. The average Bonchev–Trinajstić information content (AvgIpc) is 2.74. The van der Waals surface area contributed by atoms with E-state index in [9.17, 15) is 28.3 Å². The van der Waals surface area contributed by atoms with Gasteiger partial charge in [0.05, 0.1) is 0 Å². The monoisotopic (exact) mass is 504 g/mol. The average molecular weight is 505 g/mol. The highest BCUT2D eigenvalue weighted by Gasteiger charge is 2.54. The molecule has 1 fully saturated rings. The second-order valence-electron chi connectivity index (χ2n) is 9.68. The zero-order valence-corrected chi connectivity index (χ0v) is 20.8. The number of hydrogen-bond acceptors (Lipinski definition) is 5. The van der Waals surface area contributed by atoms with E-state index in [2.05, 4.69) is 20.4 Å². The van der Waals surface area contributed by atoms with Crippen molar-refractivity contribution in [3.8, 4) is 5.88 Å². The van der Waals surface area contributed by atoms with Gasteiger partial charge in [-0.1, -0.05) is 38.1 Å². The number of carboxylic acids is 1. The highest BCUT2D eigenvalue weighted by molar-refractivity contribution is 6.02. The molecule has 36 heavy (non-hydrogen) atoms. The van der Waals surface area contributed by atoms with E-state index >= 15 is 0 Å². The van der Waals surface area contributed by atoms with Crippen molar-refractivity contribution in [3.05, 3.63) is 53.2 Å². The fourth-order valence-electron chi connectivity index (χ4n) is 4.07.